The summed E-state index contributed by atoms with van der Waals surface area (Å²) >= 11 is 0. The van der Waals surface area contributed by atoms with Crippen LogP contribution in [0.1, 0.15) is 11.1 Å². The van der Waals surface area contributed by atoms with Crippen LogP contribution in [0.5, 0.6) is 0 Å². The Morgan fingerprint density at radius 3 is 1.05 bits per heavy atom. The SMILES string of the molecule is O=C(NS(=O)(=O)c1ccccc1)[C@@H](Cc1ccccc1)[C@H](Cc1ccccc1)C(=O)NS(=O)(=O)c1ccccc1. The number of hydrogen-bond donors (Lipinski definition) is 2. The van der Waals surface area contributed by atoms with Crippen molar-refractivity contribution in [2.24, 2.45) is 11.8 Å². The zero-order valence-electron chi connectivity index (χ0n) is 21.4. The molecule has 8 nitrogen and oxygen atoms in total. The first kappa shape index (κ1) is 28.7. The Hall–Kier alpha value is -4.28. The van der Waals surface area contributed by atoms with E-state index < -0.39 is 43.7 Å². The van der Waals surface area contributed by atoms with Crippen molar-refractivity contribution in [2.75, 3.05) is 0 Å². The lowest BCUT2D eigenvalue weighted by molar-refractivity contribution is -0.133. The molecule has 4 aromatic carbocycles. The minimum absolute atomic E-state index is 0.00666. The quantitative estimate of drug-likeness (QED) is 0.280. The van der Waals surface area contributed by atoms with Crippen LogP contribution < -0.4 is 9.44 Å². The van der Waals surface area contributed by atoms with E-state index in [1.54, 1.807) is 72.8 Å². The topological polar surface area (TPSA) is 126 Å². The molecule has 2 amide bonds. The van der Waals surface area contributed by atoms with Crippen LogP contribution in [-0.2, 0) is 42.5 Å². The first-order valence-electron chi connectivity index (χ1n) is 12.5. The number of hydrogen-bond acceptors (Lipinski definition) is 6. The van der Waals surface area contributed by atoms with Crippen molar-refractivity contribution in [1.29, 1.82) is 0 Å². The number of amides is 2. The van der Waals surface area contributed by atoms with Crippen LogP contribution >= 0.6 is 0 Å². The summed E-state index contributed by atoms with van der Waals surface area (Å²) in [6.07, 6.45) is -0.0133. The highest BCUT2D eigenvalue weighted by atomic mass is 32.2. The molecule has 0 aliphatic heterocycles. The molecule has 2 N–H and O–H groups in total. The van der Waals surface area contributed by atoms with Crippen LogP contribution in [-0.4, -0.2) is 28.6 Å². The standard InChI is InChI=1S/C30H28N2O6S2/c33-29(31-39(35,36)25-17-9-3-10-18-25)27(21-23-13-5-1-6-14-23)28(22-24-15-7-2-8-16-24)30(34)32-40(37,38)26-19-11-4-12-20-26/h1-20,27-28H,21-22H2,(H,31,33)(H,32,34)/t27-,28-/m0/s1. The van der Waals surface area contributed by atoms with Gasteiger partial charge in [0.2, 0.25) is 11.8 Å². The summed E-state index contributed by atoms with van der Waals surface area (Å²) in [4.78, 5) is 27.2. The maximum absolute atomic E-state index is 13.7. The van der Waals surface area contributed by atoms with Crippen molar-refractivity contribution in [3.63, 3.8) is 0 Å². The summed E-state index contributed by atoms with van der Waals surface area (Å²) in [5.74, 6) is -4.29. The third-order valence-electron chi connectivity index (χ3n) is 6.33. The molecular weight excluding hydrogens is 548 g/mol. The molecule has 0 spiro atoms. The van der Waals surface area contributed by atoms with Crippen molar-refractivity contribution < 1.29 is 26.4 Å². The van der Waals surface area contributed by atoms with Crippen LogP contribution in [0.15, 0.2) is 131 Å². The van der Waals surface area contributed by atoms with Crippen LogP contribution in [0.25, 0.3) is 0 Å². The molecule has 0 radical (unpaired) electrons. The number of nitrogens with one attached hydrogen (secondary N) is 2. The Morgan fingerprint density at radius 2 is 0.750 bits per heavy atom. The van der Waals surface area contributed by atoms with Crippen LogP contribution in [0.2, 0.25) is 0 Å². The fourth-order valence-electron chi connectivity index (χ4n) is 4.30. The Labute approximate surface area is 234 Å². The fraction of sp³-hybridized carbons (Fsp3) is 0.133. The van der Waals surface area contributed by atoms with E-state index in [4.69, 9.17) is 0 Å². The summed E-state index contributed by atoms with van der Waals surface area (Å²) in [5, 5.41) is 0. The van der Waals surface area contributed by atoms with E-state index in [-0.39, 0.29) is 22.6 Å². The Morgan fingerprint density at radius 1 is 0.475 bits per heavy atom. The average molecular weight is 577 g/mol. The maximum Gasteiger partial charge on any atom is 0.264 e. The summed E-state index contributed by atoms with van der Waals surface area (Å²) in [6.45, 7) is 0. The second kappa shape index (κ2) is 12.7. The minimum Gasteiger partial charge on any atom is -0.274 e. The number of benzene rings is 4. The second-order valence-corrected chi connectivity index (χ2v) is 12.5. The van der Waals surface area contributed by atoms with Gasteiger partial charge in [-0.1, -0.05) is 97.1 Å². The predicted molar refractivity (Wildman–Crippen MR) is 151 cm³/mol. The van der Waals surface area contributed by atoms with Gasteiger partial charge in [0.05, 0.1) is 21.6 Å². The third-order valence-corrected chi connectivity index (χ3v) is 9.06. The van der Waals surface area contributed by atoms with Crippen molar-refractivity contribution in [3.8, 4) is 0 Å². The van der Waals surface area contributed by atoms with E-state index in [0.29, 0.717) is 11.1 Å². The average Bonchev–Trinajstić information content (AvgIpc) is 2.96. The van der Waals surface area contributed by atoms with Gasteiger partial charge in [0.1, 0.15) is 0 Å². The van der Waals surface area contributed by atoms with Crippen molar-refractivity contribution >= 4 is 31.9 Å². The van der Waals surface area contributed by atoms with Gasteiger partial charge in [0, 0.05) is 0 Å². The van der Waals surface area contributed by atoms with Gasteiger partial charge in [-0.25, -0.2) is 26.3 Å². The van der Waals surface area contributed by atoms with E-state index in [1.807, 2.05) is 0 Å². The molecule has 0 aromatic heterocycles. The molecule has 0 bridgehead atoms. The first-order chi connectivity index (χ1) is 19.2. The summed E-state index contributed by atoms with van der Waals surface area (Å²) < 4.78 is 56.4. The molecule has 4 rings (SSSR count). The van der Waals surface area contributed by atoms with Crippen molar-refractivity contribution in [1.82, 2.24) is 9.44 Å². The van der Waals surface area contributed by atoms with Crippen molar-refractivity contribution in [2.45, 2.75) is 22.6 Å². The monoisotopic (exact) mass is 576 g/mol. The molecule has 0 heterocycles. The zero-order chi connectivity index (χ0) is 28.6. The van der Waals surface area contributed by atoms with Gasteiger partial charge < -0.3 is 0 Å². The van der Waals surface area contributed by atoms with E-state index >= 15 is 0 Å². The van der Waals surface area contributed by atoms with Gasteiger partial charge >= 0.3 is 0 Å². The van der Waals surface area contributed by atoms with Gasteiger partial charge in [-0.2, -0.15) is 0 Å². The molecule has 0 saturated carbocycles. The number of rotatable bonds is 11. The van der Waals surface area contributed by atoms with Crippen molar-refractivity contribution in [3.05, 3.63) is 132 Å². The normalized spacial score (nSPS) is 13.1. The van der Waals surface area contributed by atoms with Crippen LogP contribution in [0.4, 0.5) is 0 Å². The number of carbonyl (C=O) groups excluding carboxylic acids is 2. The lowest BCUT2D eigenvalue weighted by atomic mass is 9.82. The lowest BCUT2D eigenvalue weighted by Crippen LogP contribution is -2.46. The van der Waals surface area contributed by atoms with E-state index in [0.717, 1.165) is 0 Å². The van der Waals surface area contributed by atoms with Gasteiger partial charge in [-0.3, -0.25) is 9.59 Å². The molecule has 0 saturated heterocycles. The molecule has 0 aliphatic carbocycles. The lowest BCUT2D eigenvalue weighted by Gasteiger charge is -2.26. The largest absolute Gasteiger partial charge is 0.274 e. The number of carbonyl (C=O) groups is 2. The fourth-order valence-corrected chi connectivity index (χ4v) is 6.40. The summed E-state index contributed by atoms with van der Waals surface area (Å²) in [5.41, 5.74) is 1.35. The Bertz CT molecular complexity index is 1520. The van der Waals surface area contributed by atoms with Gasteiger partial charge in [-0.05, 0) is 48.2 Å². The maximum atomic E-state index is 13.7. The zero-order valence-corrected chi connectivity index (χ0v) is 23.0. The smallest absolute Gasteiger partial charge is 0.264 e. The molecule has 2 atom stereocenters. The Balaban J connectivity index is 1.73. The van der Waals surface area contributed by atoms with E-state index in [2.05, 4.69) is 9.44 Å². The van der Waals surface area contributed by atoms with E-state index in [9.17, 15) is 26.4 Å². The van der Waals surface area contributed by atoms with Gasteiger partial charge in [-0.15, -0.1) is 0 Å². The molecule has 206 valence electrons. The molecule has 0 aliphatic rings. The molecule has 0 fully saturated rings. The molecule has 0 unspecified atom stereocenters. The predicted octanol–water partition coefficient (Wildman–Crippen LogP) is 3.71. The second-order valence-electron chi connectivity index (χ2n) is 9.16. The molecule has 40 heavy (non-hydrogen) atoms. The highest BCUT2D eigenvalue weighted by Gasteiger charge is 2.37. The van der Waals surface area contributed by atoms with Gasteiger partial charge in [0.25, 0.3) is 20.0 Å². The van der Waals surface area contributed by atoms with Crippen LogP contribution in [0, 0.1) is 11.8 Å². The summed E-state index contributed by atoms with van der Waals surface area (Å²) in [7, 11) is -8.51. The molecule has 10 heteroatoms. The van der Waals surface area contributed by atoms with Crippen LogP contribution in [0.3, 0.4) is 0 Å². The molecular formula is C30H28N2O6S2. The highest BCUT2D eigenvalue weighted by Crippen LogP contribution is 2.25. The third kappa shape index (κ3) is 7.43. The Kier molecular flexibility index (Phi) is 9.13. The minimum atomic E-state index is -4.26. The van der Waals surface area contributed by atoms with Gasteiger partial charge in [0.15, 0.2) is 0 Å². The number of sulfonamides is 2. The molecule has 4 aromatic rings. The summed E-state index contributed by atoms with van der Waals surface area (Å²) in [6, 6.07) is 32.4. The highest BCUT2D eigenvalue weighted by molar-refractivity contribution is 7.90. The first-order valence-corrected chi connectivity index (χ1v) is 15.4. The van der Waals surface area contributed by atoms with E-state index in [1.165, 1.54) is 48.5 Å².